The van der Waals surface area contributed by atoms with Crippen LogP contribution in [-0.4, -0.2) is 29.3 Å². The number of aliphatic hydroxyl groups is 1. The van der Waals surface area contributed by atoms with Gasteiger partial charge in [0.25, 0.3) is 0 Å². The van der Waals surface area contributed by atoms with Crippen LogP contribution in [0.25, 0.3) is 11.1 Å². The molecule has 29 heavy (non-hydrogen) atoms. The molecule has 5 nitrogen and oxygen atoms in total. The molecule has 0 amide bonds. The quantitative estimate of drug-likeness (QED) is 0.740. The van der Waals surface area contributed by atoms with Crippen molar-refractivity contribution in [2.24, 2.45) is 5.41 Å². The Balaban J connectivity index is 2.44. The molecule has 0 radical (unpaired) electrons. The zero-order valence-electron chi connectivity index (χ0n) is 17.0. The minimum Gasteiger partial charge on any atom is -0.481 e. The van der Waals surface area contributed by atoms with E-state index in [1.54, 1.807) is 6.07 Å². The first kappa shape index (κ1) is 21.0. The lowest BCUT2D eigenvalue weighted by Gasteiger charge is -2.37. The molecule has 0 saturated carbocycles. The Bertz CT molecular complexity index is 962. The van der Waals surface area contributed by atoms with Gasteiger partial charge in [-0.15, -0.1) is 0 Å². The molecular formula is C23H25FO5. The maximum Gasteiger partial charge on any atom is 0.338 e. The first-order valence-corrected chi connectivity index (χ1v) is 9.50. The number of aliphatic hydroxyl groups excluding tert-OH is 1. The van der Waals surface area contributed by atoms with Gasteiger partial charge in [0.15, 0.2) is 0 Å². The van der Waals surface area contributed by atoms with Crippen molar-refractivity contribution in [3.8, 4) is 11.1 Å². The lowest BCUT2D eigenvalue weighted by molar-refractivity contribution is -0.138. The van der Waals surface area contributed by atoms with Crippen molar-refractivity contribution in [3.63, 3.8) is 0 Å². The van der Waals surface area contributed by atoms with E-state index in [-0.39, 0.29) is 11.0 Å². The maximum atomic E-state index is 13.5. The number of hydrogen-bond acceptors (Lipinski definition) is 4. The summed E-state index contributed by atoms with van der Waals surface area (Å²) in [7, 11) is 1.23. The molecule has 0 aliphatic heterocycles. The summed E-state index contributed by atoms with van der Waals surface area (Å²) in [5.41, 5.74) is 2.56. The van der Waals surface area contributed by atoms with Gasteiger partial charge in [-0.2, -0.15) is 0 Å². The van der Waals surface area contributed by atoms with Gasteiger partial charge in [0, 0.05) is 5.56 Å². The van der Waals surface area contributed by atoms with Gasteiger partial charge in [0.2, 0.25) is 0 Å². The van der Waals surface area contributed by atoms with E-state index in [9.17, 15) is 24.2 Å². The molecule has 2 aromatic carbocycles. The van der Waals surface area contributed by atoms with Crippen molar-refractivity contribution in [2.45, 2.75) is 45.6 Å². The topological polar surface area (TPSA) is 83.8 Å². The largest absolute Gasteiger partial charge is 0.481 e. The summed E-state index contributed by atoms with van der Waals surface area (Å²) in [5, 5.41) is 20.6. The summed E-state index contributed by atoms with van der Waals surface area (Å²) < 4.78 is 18.5. The average molecular weight is 400 g/mol. The molecule has 2 atom stereocenters. The van der Waals surface area contributed by atoms with Gasteiger partial charge in [-0.25, -0.2) is 9.18 Å². The lowest BCUT2D eigenvalue weighted by atomic mass is 9.69. The number of aliphatic carboxylic acids is 1. The van der Waals surface area contributed by atoms with Crippen molar-refractivity contribution in [1.29, 1.82) is 0 Å². The van der Waals surface area contributed by atoms with Crippen LogP contribution < -0.4 is 0 Å². The van der Waals surface area contributed by atoms with E-state index in [0.29, 0.717) is 35.1 Å². The van der Waals surface area contributed by atoms with Crippen LogP contribution >= 0.6 is 0 Å². The van der Waals surface area contributed by atoms with Gasteiger partial charge in [-0.05, 0) is 59.6 Å². The molecule has 0 aromatic heterocycles. The van der Waals surface area contributed by atoms with Gasteiger partial charge < -0.3 is 14.9 Å². The number of carboxylic acids is 1. The van der Waals surface area contributed by atoms with Crippen molar-refractivity contribution in [2.75, 3.05) is 7.11 Å². The Labute approximate surface area is 169 Å². The fraction of sp³-hybridized carbons (Fsp3) is 0.391. The molecule has 0 spiro atoms. The summed E-state index contributed by atoms with van der Waals surface area (Å²) in [6, 6.07) is 7.31. The standard InChI is InChI=1S/C23H25FO5/c1-12(21(26)27)16-9-14-10-23(2,3)11-17(25)18(14)19(20(16)22(28)29-4)13-5-7-15(24)8-6-13/h5-9,12,17,25H,10-11H2,1-4H3,(H,26,27). The third-order valence-corrected chi connectivity index (χ3v) is 5.59. The van der Waals surface area contributed by atoms with Crippen LogP contribution in [0.15, 0.2) is 30.3 Å². The van der Waals surface area contributed by atoms with Crippen LogP contribution in [0.5, 0.6) is 0 Å². The summed E-state index contributed by atoms with van der Waals surface area (Å²) in [5.74, 6) is -3.15. The van der Waals surface area contributed by atoms with E-state index in [4.69, 9.17) is 4.74 Å². The predicted molar refractivity (Wildman–Crippen MR) is 106 cm³/mol. The van der Waals surface area contributed by atoms with Crippen LogP contribution in [-0.2, 0) is 16.0 Å². The summed E-state index contributed by atoms with van der Waals surface area (Å²) >= 11 is 0. The van der Waals surface area contributed by atoms with Gasteiger partial charge in [0.05, 0.1) is 24.7 Å². The minimum absolute atomic E-state index is 0.103. The minimum atomic E-state index is -1.07. The highest BCUT2D eigenvalue weighted by atomic mass is 19.1. The SMILES string of the molecule is COC(=O)c1c(C(C)C(=O)O)cc2c(c1-c1ccc(F)cc1)C(O)CC(C)(C)C2. The van der Waals surface area contributed by atoms with Crippen LogP contribution in [0.3, 0.4) is 0 Å². The number of methoxy groups -OCH3 is 1. The van der Waals surface area contributed by atoms with Gasteiger partial charge in [-0.3, -0.25) is 4.79 Å². The van der Waals surface area contributed by atoms with Crippen LogP contribution in [0.1, 0.15) is 66.3 Å². The molecule has 1 aliphatic carbocycles. The van der Waals surface area contributed by atoms with Crippen molar-refractivity contribution >= 4 is 11.9 Å². The van der Waals surface area contributed by atoms with Crippen LogP contribution in [0, 0.1) is 11.2 Å². The fourth-order valence-electron chi connectivity index (χ4n) is 4.23. The second kappa shape index (κ2) is 7.59. The first-order chi connectivity index (χ1) is 13.6. The van der Waals surface area contributed by atoms with Crippen LogP contribution in [0.4, 0.5) is 4.39 Å². The van der Waals surface area contributed by atoms with E-state index >= 15 is 0 Å². The molecule has 6 heteroatoms. The number of esters is 1. The number of hydrogen-bond donors (Lipinski definition) is 2. The highest BCUT2D eigenvalue weighted by Gasteiger charge is 2.37. The van der Waals surface area contributed by atoms with Crippen molar-refractivity contribution < 1.29 is 28.9 Å². The first-order valence-electron chi connectivity index (χ1n) is 9.50. The van der Waals surface area contributed by atoms with E-state index in [1.807, 2.05) is 13.8 Å². The number of halogens is 1. The normalized spacial score (nSPS) is 18.6. The maximum absolute atomic E-state index is 13.5. The smallest absolute Gasteiger partial charge is 0.338 e. The number of fused-ring (bicyclic) bond motifs is 1. The van der Waals surface area contributed by atoms with E-state index in [0.717, 1.165) is 5.56 Å². The highest BCUT2D eigenvalue weighted by Crippen LogP contribution is 2.47. The molecular weight excluding hydrogens is 375 g/mol. The molecule has 1 aliphatic rings. The lowest BCUT2D eigenvalue weighted by Crippen LogP contribution is -2.28. The summed E-state index contributed by atoms with van der Waals surface area (Å²) in [6.07, 6.45) is 0.267. The summed E-state index contributed by atoms with van der Waals surface area (Å²) in [6.45, 7) is 5.58. The molecule has 0 fully saturated rings. The second-order valence-corrected chi connectivity index (χ2v) is 8.41. The molecule has 3 rings (SSSR count). The Morgan fingerprint density at radius 1 is 1.24 bits per heavy atom. The average Bonchev–Trinajstić information content (AvgIpc) is 2.64. The van der Waals surface area contributed by atoms with Crippen LogP contribution in [0.2, 0.25) is 0 Å². The van der Waals surface area contributed by atoms with Crippen molar-refractivity contribution in [3.05, 3.63) is 58.4 Å². The Morgan fingerprint density at radius 3 is 2.41 bits per heavy atom. The Kier molecular flexibility index (Phi) is 5.50. The third-order valence-electron chi connectivity index (χ3n) is 5.59. The van der Waals surface area contributed by atoms with Gasteiger partial charge in [-0.1, -0.05) is 32.0 Å². The Morgan fingerprint density at radius 2 is 1.86 bits per heavy atom. The number of rotatable bonds is 4. The number of ether oxygens (including phenoxy) is 1. The fourth-order valence-corrected chi connectivity index (χ4v) is 4.23. The third kappa shape index (κ3) is 3.90. The molecule has 154 valence electrons. The zero-order chi connectivity index (χ0) is 21.5. The van der Waals surface area contributed by atoms with E-state index in [1.165, 1.54) is 38.3 Å². The molecule has 2 N–H and O–H groups in total. The number of carbonyl (C=O) groups is 2. The second-order valence-electron chi connectivity index (χ2n) is 8.41. The highest BCUT2D eigenvalue weighted by molar-refractivity contribution is 6.02. The predicted octanol–water partition coefficient (Wildman–Crippen LogP) is 4.47. The molecule has 2 aromatic rings. The summed E-state index contributed by atoms with van der Waals surface area (Å²) in [4.78, 5) is 24.5. The zero-order valence-corrected chi connectivity index (χ0v) is 17.0. The molecule has 0 bridgehead atoms. The monoisotopic (exact) mass is 400 g/mol. The van der Waals surface area contributed by atoms with E-state index in [2.05, 4.69) is 0 Å². The molecule has 2 unspecified atom stereocenters. The Hall–Kier alpha value is -2.73. The van der Waals surface area contributed by atoms with Crippen molar-refractivity contribution in [1.82, 2.24) is 0 Å². The number of benzene rings is 2. The molecule has 0 saturated heterocycles. The van der Waals surface area contributed by atoms with Gasteiger partial charge >= 0.3 is 11.9 Å². The van der Waals surface area contributed by atoms with E-state index < -0.39 is 29.8 Å². The van der Waals surface area contributed by atoms with Gasteiger partial charge in [0.1, 0.15) is 5.82 Å². The molecule has 0 heterocycles. The number of carboxylic acid groups (broad SMARTS) is 1. The number of carbonyl (C=O) groups excluding carboxylic acids is 1.